The van der Waals surface area contributed by atoms with Crippen LogP contribution in [0.4, 0.5) is 5.69 Å². The minimum absolute atomic E-state index is 0.503. The summed E-state index contributed by atoms with van der Waals surface area (Å²) in [6, 6.07) is 11.0. The number of hydrogen-bond donors (Lipinski definition) is 2. The molecule has 0 aromatic heterocycles. The first-order chi connectivity index (χ1) is 10.3. The fraction of sp³-hybridized carbons (Fsp3) is 0.471. The molecule has 1 aliphatic rings. The van der Waals surface area contributed by atoms with Crippen molar-refractivity contribution >= 4 is 11.6 Å². The Morgan fingerprint density at radius 2 is 1.95 bits per heavy atom. The second-order valence-electron chi connectivity index (χ2n) is 5.39. The highest BCUT2D eigenvalue weighted by Gasteiger charge is 2.11. The maximum Gasteiger partial charge on any atom is 0.191 e. The monoisotopic (exact) mass is 286 g/mol. The van der Waals surface area contributed by atoms with E-state index in [9.17, 15) is 0 Å². The molecule has 2 N–H and O–H groups in total. The molecule has 4 heteroatoms. The van der Waals surface area contributed by atoms with E-state index in [2.05, 4.69) is 64.0 Å². The molecule has 0 amide bonds. The normalized spacial score (nSPS) is 15.2. The number of rotatable bonds is 6. The number of para-hydroxylation sites is 1. The first kappa shape index (κ1) is 15.4. The lowest BCUT2D eigenvalue weighted by Gasteiger charge is -2.20. The van der Waals surface area contributed by atoms with Gasteiger partial charge in [0.2, 0.25) is 0 Å². The third-order valence-electron chi connectivity index (χ3n) is 3.73. The molecule has 0 spiro atoms. The Bertz CT molecular complexity index is 459. The first-order valence-electron chi connectivity index (χ1n) is 7.68. The summed E-state index contributed by atoms with van der Waals surface area (Å²) in [5, 5.41) is 6.84. The number of nitrogens with one attached hydrogen (secondary N) is 2. The van der Waals surface area contributed by atoms with E-state index in [-0.39, 0.29) is 0 Å². The minimum Gasteiger partial charge on any atom is -0.375 e. The fourth-order valence-electron chi connectivity index (χ4n) is 2.46. The molecule has 1 aliphatic carbocycles. The molecule has 4 nitrogen and oxygen atoms in total. The highest BCUT2D eigenvalue weighted by Crippen LogP contribution is 2.11. The van der Waals surface area contributed by atoms with E-state index >= 15 is 0 Å². The molecule has 0 atom stereocenters. The van der Waals surface area contributed by atoms with Gasteiger partial charge in [-0.25, -0.2) is 0 Å². The van der Waals surface area contributed by atoms with Crippen molar-refractivity contribution in [3.05, 3.63) is 42.5 Å². The van der Waals surface area contributed by atoms with Crippen LogP contribution in [0.15, 0.2) is 47.5 Å². The van der Waals surface area contributed by atoms with Crippen LogP contribution in [-0.2, 0) is 0 Å². The summed E-state index contributed by atoms with van der Waals surface area (Å²) < 4.78 is 0. The summed E-state index contributed by atoms with van der Waals surface area (Å²) in [7, 11) is 3.96. The van der Waals surface area contributed by atoms with Gasteiger partial charge in [-0.05, 0) is 31.4 Å². The van der Waals surface area contributed by atoms with Crippen molar-refractivity contribution in [3.63, 3.8) is 0 Å². The summed E-state index contributed by atoms with van der Waals surface area (Å²) in [6.07, 6.45) is 7.71. The van der Waals surface area contributed by atoms with Gasteiger partial charge in [0.1, 0.15) is 0 Å². The minimum atomic E-state index is 0.503. The number of guanidine groups is 1. The Balaban J connectivity index is 1.64. The van der Waals surface area contributed by atoms with Gasteiger partial charge in [-0.2, -0.15) is 0 Å². The first-order valence-corrected chi connectivity index (χ1v) is 7.68. The molecule has 0 saturated carbocycles. The van der Waals surface area contributed by atoms with Gasteiger partial charge in [0.05, 0.1) is 0 Å². The average Bonchev–Trinajstić information content (AvgIpc) is 3.04. The fourth-order valence-corrected chi connectivity index (χ4v) is 2.46. The maximum atomic E-state index is 4.28. The zero-order chi connectivity index (χ0) is 14.9. The molecule has 0 bridgehead atoms. The smallest absolute Gasteiger partial charge is 0.191 e. The Morgan fingerprint density at radius 3 is 2.62 bits per heavy atom. The third kappa shape index (κ3) is 5.14. The summed E-state index contributed by atoms with van der Waals surface area (Å²) in [6.45, 7) is 1.95. The molecule has 0 saturated heterocycles. The van der Waals surface area contributed by atoms with E-state index in [1.807, 2.05) is 13.1 Å². The molecule has 2 rings (SSSR count). The second-order valence-corrected chi connectivity index (χ2v) is 5.39. The second kappa shape index (κ2) is 8.35. The van der Waals surface area contributed by atoms with Crippen LogP contribution in [-0.4, -0.2) is 39.2 Å². The van der Waals surface area contributed by atoms with Gasteiger partial charge >= 0.3 is 0 Å². The van der Waals surface area contributed by atoms with Gasteiger partial charge < -0.3 is 15.5 Å². The van der Waals surface area contributed by atoms with Crippen molar-refractivity contribution in [2.24, 2.45) is 4.99 Å². The van der Waals surface area contributed by atoms with E-state index in [4.69, 9.17) is 0 Å². The molecule has 0 heterocycles. The molecule has 21 heavy (non-hydrogen) atoms. The maximum absolute atomic E-state index is 4.28. The average molecular weight is 286 g/mol. The standard InChI is InChI=1S/C17H26N4/c1-18-17(20-15-9-6-7-10-15)19-13-8-14-21(2)16-11-4-3-5-12-16/h3-7,11-12,15H,8-10,13-14H2,1-2H3,(H2,18,19,20). The SMILES string of the molecule is CN=C(NCCCN(C)c1ccccc1)NC1CC=CC1. The Kier molecular flexibility index (Phi) is 6.13. The van der Waals surface area contributed by atoms with E-state index in [1.54, 1.807) is 0 Å². The van der Waals surface area contributed by atoms with E-state index in [1.165, 1.54) is 5.69 Å². The van der Waals surface area contributed by atoms with Gasteiger partial charge in [-0.3, -0.25) is 4.99 Å². The molecule has 0 unspecified atom stereocenters. The molecule has 1 aromatic rings. The quantitative estimate of drug-likeness (QED) is 0.365. The molecule has 114 valence electrons. The van der Waals surface area contributed by atoms with Crippen LogP contribution in [0.5, 0.6) is 0 Å². The van der Waals surface area contributed by atoms with Gasteiger partial charge in [0, 0.05) is 38.9 Å². The molecular weight excluding hydrogens is 260 g/mol. The highest BCUT2D eigenvalue weighted by molar-refractivity contribution is 5.80. The number of nitrogens with zero attached hydrogens (tertiary/aromatic N) is 2. The molecule has 0 aliphatic heterocycles. The van der Waals surface area contributed by atoms with Crippen LogP contribution >= 0.6 is 0 Å². The largest absolute Gasteiger partial charge is 0.375 e. The van der Waals surface area contributed by atoms with E-state index in [0.717, 1.165) is 38.3 Å². The van der Waals surface area contributed by atoms with Crippen molar-refractivity contribution < 1.29 is 0 Å². The number of anilines is 1. The third-order valence-corrected chi connectivity index (χ3v) is 3.73. The summed E-state index contributed by atoms with van der Waals surface area (Å²) in [4.78, 5) is 6.56. The lowest BCUT2D eigenvalue weighted by molar-refractivity contribution is 0.628. The van der Waals surface area contributed by atoms with Crippen LogP contribution in [0.25, 0.3) is 0 Å². The van der Waals surface area contributed by atoms with Gasteiger partial charge in [0.15, 0.2) is 5.96 Å². The summed E-state index contributed by atoms with van der Waals surface area (Å²) in [5.74, 6) is 0.908. The lowest BCUT2D eigenvalue weighted by atomic mass is 10.2. The number of benzene rings is 1. The Morgan fingerprint density at radius 1 is 1.24 bits per heavy atom. The van der Waals surface area contributed by atoms with Gasteiger partial charge in [-0.1, -0.05) is 30.4 Å². The van der Waals surface area contributed by atoms with Crippen LogP contribution < -0.4 is 15.5 Å². The molecule has 1 aromatic carbocycles. The van der Waals surface area contributed by atoms with Crippen molar-refractivity contribution in [1.29, 1.82) is 0 Å². The lowest BCUT2D eigenvalue weighted by Crippen LogP contribution is -2.43. The van der Waals surface area contributed by atoms with Crippen LogP contribution in [0.2, 0.25) is 0 Å². The summed E-state index contributed by atoms with van der Waals surface area (Å²) >= 11 is 0. The van der Waals surface area contributed by atoms with Crippen LogP contribution in [0, 0.1) is 0 Å². The molecule has 0 radical (unpaired) electrons. The summed E-state index contributed by atoms with van der Waals surface area (Å²) in [5.41, 5.74) is 1.26. The highest BCUT2D eigenvalue weighted by atomic mass is 15.2. The predicted molar refractivity (Wildman–Crippen MR) is 91.0 cm³/mol. The van der Waals surface area contributed by atoms with Crippen molar-refractivity contribution in [3.8, 4) is 0 Å². The molecule has 0 fully saturated rings. The van der Waals surface area contributed by atoms with Gasteiger partial charge in [-0.15, -0.1) is 0 Å². The predicted octanol–water partition coefficient (Wildman–Crippen LogP) is 2.40. The van der Waals surface area contributed by atoms with Crippen LogP contribution in [0.1, 0.15) is 19.3 Å². The van der Waals surface area contributed by atoms with Gasteiger partial charge in [0.25, 0.3) is 0 Å². The Hall–Kier alpha value is -1.97. The number of hydrogen-bond acceptors (Lipinski definition) is 2. The van der Waals surface area contributed by atoms with Crippen molar-refractivity contribution in [2.75, 3.05) is 32.1 Å². The van der Waals surface area contributed by atoms with Crippen molar-refractivity contribution in [1.82, 2.24) is 10.6 Å². The van der Waals surface area contributed by atoms with Crippen LogP contribution in [0.3, 0.4) is 0 Å². The van der Waals surface area contributed by atoms with Crippen molar-refractivity contribution in [2.45, 2.75) is 25.3 Å². The number of aliphatic imine (C=N–C) groups is 1. The zero-order valence-corrected chi connectivity index (χ0v) is 13.0. The molecular formula is C17H26N4. The van der Waals surface area contributed by atoms with E-state index in [0.29, 0.717) is 6.04 Å². The Labute approximate surface area is 128 Å². The zero-order valence-electron chi connectivity index (χ0n) is 13.0. The topological polar surface area (TPSA) is 39.7 Å². The van der Waals surface area contributed by atoms with E-state index < -0.39 is 0 Å².